The number of hydrogen-bond acceptors (Lipinski definition) is 3. The maximum Gasteiger partial charge on any atom is 0.308 e. The highest BCUT2D eigenvalue weighted by Gasteiger charge is 2.28. The second-order valence-electron chi connectivity index (χ2n) is 6.75. The largest absolute Gasteiger partial charge is 0.481 e. The van der Waals surface area contributed by atoms with Gasteiger partial charge in [-0.15, -0.1) is 0 Å². The third kappa shape index (κ3) is 5.59. The van der Waals surface area contributed by atoms with Crippen molar-refractivity contribution in [2.75, 3.05) is 26.7 Å². The Bertz CT molecular complexity index is 627. The van der Waals surface area contributed by atoms with Gasteiger partial charge in [0.15, 0.2) is 0 Å². The molecular formula is C19H26N2O4. The highest BCUT2D eigenvalue weighted by Crippen LogP contribution is 2.17. The molecule has 1 aliphatic heterocycles. The van der Waals surface area contributed by atoms with Crippen LogP contribution in [0.3, 0.4) is 0 Å². The summed E-state index contributed by atoms with van der Waals surface area (Å²) in [6.07, 6.45) is 2.28. The van der Waals surface area contributed by atoms with E-state index in [9.17, 15) is 14.4 Å². The molecule has 6 nitrogen and oxygen atoms in total. The Labute approximate surface area is 148 Å². The molecule has 2 amide bonds. The van der Waals surface area contributed by atoms with E-state index in [2.05, 4.69) is 0 Å². The van der Waals surface area contributed by atoms with Crippen molar-refractivity contribution in [2.45, 2.75) is 32.6 Å². The van der Waals surface area contributed by atoms with Crippen molar-refractivity contribution in [3.05, 3.63) is 35.4 Å². The Morgan fingerprint density at radius 2 is 1.92 bits per heavy atom. The first-order chi connectivity index (χ1) is 11.9. The number of nitrogens with zero attached hydrogens (tertiary/aromatic N) is 2. The molecule has 0 radical (unpaired) electrons. The van der Waals surface area contributed by atoms with Crippen molar-refractivity contribution in [2.24, 2.45) is 5.92 Å². The minimum atomic E-state index is -0.861. The predicted octanol–water partition coefficient (Wildman–Crippen LogP) is 1.71. The van der Waals surface area contributed by atoms with E-state index in [4.69, 9.17) is 5.11 Å². The van der Waals surface area contributed by atoms with E-state index in [0.29, 0.717) is 32.2 Å². The number of carboxylic acids is 1. The number of amides is 2. The Kier molecular flexibility index (Phi) is 6.56. The molecule has 6 heteroatoms. The number of rotatable bonds is 6. The Morgan fingerprint density at radius 1 is 1.24 bits per heavy atom. The van der Waals surface area contributed by atoms with Crippen LogP contribution >= 0.6 is 0 Å². The van der Waals surface area contributed by atoms with Gasteiger partial charge in [0.2, 0.25) is 11.8 Å². The van der Waals surface area contributed by atoms with Crippen LogP contribution < -0.4 is 0 Å². The van der Waals surface area contributed by atoms with Crippen LogP contribution in [0.15, 0.2) is 24.3 Å². The van der Waals surface area contributed by atoms with Crippen LogP contribution in [0.1, 0.15) is 30.4 Å². The Morgan fingerprint density at radius 3 is 2.56 bits per heavy atom. The molecule has 0 spiro atoms. The monoisotopic (exact) mass is 346 g/mol. The lowest BCUT2D eigenvalue weighted by molar-refractivity contribution is -0.147. The number of likely N-dealkylation sites (N-methyl/N-ethyl adjacent to an activating group) is 1. The smallest absolute Gasteiger partial charge is 0.308 e. The number of carbonyl (C=O) groups is 3. The second kappa shape index (κ2) is 8.65. The van der Waals surface area contributed by atoms with Crippen molar-refractivity contribution in [3.63, 3.8) is 0 Å². The van der Waals surface area contributed by atoms with Crippen molar-refractivity contribution >= 4 is 17.8 Å². The number of hydrogen-bond donors (Lipinski definition) is 1. The molecule has 1 aliphatic rings. The van der Waals surface area contributed by atoms with Gasteiger partial charge in [0.1, 0.15) is 0 Å². The molecule has 0 aromatic heterocycles. The van der Waals surface area contributed by atoms with Gasteiger partial charge < -0.3 is 14.9 Å². The molecule has 1 saturated heterocycles. The van der Waals surface area contributed by atoms with Gasteiger partial charge >= 0.3 is 5.97 Å². The van der Waals surface area contributed by atoms with Gasteiger partial charge in [-0.05, 0) is 31.7 Å². The first-order valence-corrected chi connectivity index (χ1v) is 8.67. The van der Waals surface area contributed by atoms with Crippen LogP contribution in [0.2, 0.25) is 0 Å². The first-order valence-electron chi connectivity index (χ1n) is 8.67. The number of benzene rings is 1. The summed E-state index contributed by atoms with van der Waals surface area (Å²) in [5.74, 6) is -1.63. The van der Waals surface area contributed by atoms with Crippen molar-refractivity contribution < 1.29 is 19.5 Å². The molecule has 0 saturated carbocycles. The summed E-state index contributed by atoms with van der Waals surface area (Å²) in [6.45, 7) is 2.82. The third-order valence-corrected chi connectivity index (χ3v) is 4.67. The molecule has 1 aromatic rings. The van der Waals surface area contributed by atoms with E-state index in [-0.39, 0.29) is 24.9 Å². The lowest BCUT2D eigenvalue weighted by Gasteiger charge is -2.32. The third-order valence-electron chi connectivity index (χ3n) is 4.67. The molecule has 1 atom stereocenters. The average Bonchev–Trinajstić information content (AvgIpc) is 2.60. The number of piperidine rings is 1. The molecule has 1 N–H and O–H groups in total. The van der Waals surface area contributed by atoms with Gasteiger partial charge in [0.05, 0.1) is 12.5 Å². The van der Waals surface area contributed by atoms with Crippen LogP contribution in [0.25, 0.3) is 0 Å². The summed E-state index contributed by atoms with van der Waals surface area (Å²) in [5, 5.41) is 9.10. The zero-order chi connectivity index (χ0) is 18.4. The molecule has 136 valence electrons. The SMILES string of the molecule is Cc1ccc(CCC(=O)N(C)CC(=O)N2CCCC(C(=O)O)C2)cc1. The fourth-order valence-electron chi connectivity index (χ4n) is 2.99. The Balaban J connectivity index is 1.80. The molecule has 1 heterocycles. The van der Waals surface area contributed by atoms with Crippen molar-refractivity contribution in [1.82, 2.24) is 9.80 Å². The van der Waals surface area contributed by atoms with Crippen LogP contribution in [0.5, 0.6) is 0 Å². The molecular weight excluding hydrogens is 320 g/mol. The van der Waals surface area contributed by atoms with E-state index >= 15 is 0 Å². The average molecular weight is 346 g/mol. The minimum Gasteiger partial charge on any atom is -0.481 e. The minimum absolute atomic E-state index is 0.000922. The van der Waals surface area contributed by atoms with Crippen LogP contribution in [0.4, 0.5) is 0 Å². The van der Waals surface area contributed by atoms with Gasteiger partial charge in [-0.2, -0.15) is 0 Å². The summed E-state index contributed by atoms with van der Waals surface area (Å²) in [7, 11) is 1.62. The van der Waals surface area contributed by atoms with E-state index < -0.39 is 11.9 Å². The van der Waals surface area contributed by atoms with Gasteiger partial charge in [0.25, 0.3) is 0 Å². The summed E-state index contributed by atoms with van der Waals surface area (Å²) < 4.78 is 0. The van der Waals surface area contributed by atoms with Crippen LogP contribution in [-0.4, -0.2) is 59.4 Å². The number of aryl methyl sites for hydroxylation is 2. The fourth-order valence-corrected chi connectivity index (χ4v) is 2.99. The summed E-state index contributed by atoms with van der Waals surface area (Å²) in [4.78, 5) is 38.7. The topological polar surface area (TPSA) is 77.9 Å². The van der Waals surface area contributed by atoms with E-state index in [1.807, 2.05) is 31.2 Å². The highest BCUT2D eigenvalue weighted by atomic mass is 16.4. The molecule has 1 unspecified atom stereocenters. The van der Waals surface area contributed by atoms with E-state index in [1.54, 1.807) is 11.9 Å². The van der Waals surface area contributed by atoms with Crippen LogP contribution in [0, 0.1) is 12.8 Å². The quantitative estimate of drug-likeness (QED) is 0.851. The highest BCUT2D eigenvalue weighted by molar-refractivity contribution is 5.85. The standard InChI is InChI=1S/C19H26N2O4/c1-14-5-7-15(8-6-14)9-10-17(22)20(2)13-18(23)21-11-3-4-16(12-21)19(24)25/h5-8,16H,3-4,9-13H2,1-2H3,(H,24,25). The van der Waals surface area contributed by atoms with E-state index in [0.717, 1.165) is 5.56 Å². The summed E-state index contributed by atoms with van der Waals surface area (Å²) in [5.41, 5.74) is 2.28. The maximum atomic E-state index is 12.3. The summed E-state index contributed by atoms with van der Waals surface area (Å²) >= 11 is 0. The fraction of sp³-hybridized carbons (Fsp3) is 0.526. The number of carbonyl (C=O) groups excluding carboxylic acids is 2. The molecule has 25 heavy (non-hydrogen) atoms. The van der Waals surface area contributed by atoms with E-state index in [1.165, 1.54) is 10.5 Å². The normalized spacial score (nSPS) is 17.2. The predicted molar refractivity (Wildman–Crippen MR) is 94.1 cm³/mol. The van der Waals surface area contributed by atoms with Crippen molar-refractivity contribution in [3.8, 4) is 0 Å². The molecule has 0 aliphatic carbocycles. The van der Waals surface area contributed by atoms with Gasteiger partial charge in [0, 0.05) is 26.6 Å². The molecule has 2 rings (SSSR count). The zero-order valence-corrected chi connectivity index (χ0v) is 14.9. The second-order valence-corrected chi connectivity index (χ2v) is 6.75. The lowest BCUT2D eigenvalue weighted by Crippen LogP contribution is -2.46. The molecule has 1 aromatic carbocycles. The number of carboxylic acid groups (broad SMARTS) is 1. The van der Waals surface area contributed by atoms with Gasteiger partial charge in [-0.1, -0.05) is 29.8 Å². The molecule has 1 fully saturated rings. The van der Waals surface area contributed by atoms with Crippen molar-refractivity contribution in [1.29, 1.82) is 0 Å². The van der Waals surface area contributed by atoms with Gasteiger partial charge in [-0.25, -0.2) is 0 Å². The maximum absolute atomic E-state index is 12.3. The zero-order valence-electron chi connectivity index (χ0n) is 14.9. The number of likely N-dealkylation sites (tertiary alicyclic amines) is 1. The van der Waals surface area contributed by atoms with Crippen LogP contribution in [-0.2, 0) is 20.8 Å². The number of aliphatic carboxylic acids is 1. The Hall–Kier alpha value is -2.37. The van der Waals surface area contributed by atoms with Gasteiger partial charge in [-0.3, -0.25) is 14.4 Å². The lowest BCUT2D eigenvalue weighted by atomic mass is 9.98. The first kappa shape index (κ1) is 19.0. The summed E-state index contributed by atoms with van der Waals surface area (Å²) in [6, 6.07) is 8.05. The molecule has 0 bridgehead atoms.